The van der Waals surface area contributed by atoms with Crippen molar-refractivity contribution in [2.24, 2.45) is 0 Å². The lowest BCUT2D eigenvalue weighted by Crippen LogP contribution is -2.27. The van der Waals surface area contributed by atoms with Crippen molar-refractivity contribution in [2.75, 3.05) is 11.9 Å². The fourth-order valence-electron chi connectivity index (χ4n) is 2.24. The van der Waals surface area contributed by atoms with Gasteiger partial charge in [0, 0.05) is 12.2 Å². The first-order chi connectivity index (χ1) is 10.1. The zero-order valence-corrected chi connectivity index (χ0v) is 12.8. The topological polar surface area (TPSA) is 41.1 Å². The van der Waals surface area contributed by atoms with Gasteiger partial charge in [0.15, 0.2) is 0 Å². The normalized spacial score (nSPS) is 11.8. The average molecular weight is 282 g/mol. The smallest absolute Gasteiger partial charge is 0.253 e. The molecule has 0 radical (unpaired) electrons. The highest BCUT2D eigenvalue weighted by atomic mass is 16.1. The number of hydrogen-bond donors (Lipinski definition) is 2. The van der Waals surface area contributed by atoms with Gasteiger partial charge in [-0.05, 0) is 38.5 Å². The molecule has 0 heterocycles. The van der Waals surface area contributed by atoms with Gasteiger partial charge in [0.05, 0.1) is 11.6 Å². The molecule has 0 aliphatic heterocycles. The van der Waals surface area contributed by atoms with Crippen LogP contribution in [0.4, 0.5) is 5.69 Å². The molecule has 0 fully saturated rings. The monoisotopic (exact) mass is 282 g/mol. The molecule has 2 N–H and O–H groups in total. The zero-order chi connectivity index (χ0) is 15.2. The predicted octanol–water partition coefficient (Wildman–Crippen LogP) is 3.92. The maximum Gasteiger partial charge on any atom is 0.253 e. The summed E-state index contributed by atoms with van der Waals surface area (Å²) in [6.45, 7) is 6.86. The molecular formula is C18H22N2O. The second kappa shape index (κ2) is 6.93. The van der Waals surface area contributed by atoms with Crippen molar-refractivity contribution >= 4 is 11.6 Å². The second-order valence-corrected chi connectivity index (χ2v) is 5.18. The number of carbonyl (C=O) groups excluding carboxylic acids is 1. The number of benzene rings is 2. The number of para-hydroxylation sites is 1. The van der Waals surface area contributed by atoms with Crippen LogP contribution in [0.3, 0.4) is 0 Å². The van der Waals surface area contributed by atoms with E-state index in [0.717, 1.165) is 17.8 Å². The predicted molar refractivity (Wildman–Crippen MR) is 87.7 cm³/mol. The summed E-state index contributed by atoms with van der Waals surface area (Å²) in [5.41, 5.74) is 3.87. The van der Waals surface area contributed by atoms with E-state index in [2.05, 4.69) is 41.8 Å². The number of anilines is 1. The Labute approximate surface area is 126 Å². The molecule has 0 unspecified atom stereocenters. The van der Waals surface area contributed by atoms with Gasteiger partial charge in [0.2, 0.25) is 0 Å². The van der Waals surface area contributed by atoms with Gasteiger partial charge in [-0.1, -0.05) is 42.0 Å². The van der Waals surface area contributed by atoms with Crippen LogP contribution in [0.25, 0.3) is 0 Å². The van der Waals surface area contributed by atoms with Crippen molar-refractivity contribution in [3.63, 3.8) is 0 Å². The van der Waals surface area contributed by atoms with Crippen LogP contribution in [0.2, 0.25) is 0 Å². The molecule has 2 rings (SSSR count). The number of carbonyl (C=O) groups is 1. The Kier molecular flexibility index (Phi) is 4.99. The van der Waals surface area contributed by atoms with Gasteiger partial charge in [0.1, 0.15) is 0 Å². The first-order valence-corrected chi connectivity index (χ1v) is 7.32. The van der Waals surface area contributed by atoms with Crippen molar-refractivity contribution in [3.8, 4) is 0 Å². The van der Waals surface area contributed by atoms with Gasteiger partial charge in [-0.15, -0.1) is 0 Å². The van der Waals surface area contributed by atoms with Crippen LogP contribution in [0.5, 0.6) is 0 Å². The van der Waals surface area contributed by atoms with E-state index in [4.69, 9.17) is 0 Å². The van der Waals surface area contributed by atoms with Gasteiger partial charge >= 0.3 is 0 Å². The molecule has 0 saturated carbocycles. The molecule has 0 bridgehead atoms. The summed E-state index contributed by atoms with van der Waals surface area (Å²) < 4.78 is 0. The number of rotatable bonds is 5. The molecule has 2 aromatic rings. The van der Waals surface area contributed by atoms with Crippen molar-refractivity contribution in [2.45, 2.75) is 26.8 Å². The van der Waals surface area contributed by atoms with Crippen molar-refractivity contribution in [3.05, 3.63) is 65.2 Å². The van der Waals surface area contributed by atoms with Gasteiger partial charge in [-0.25, -0.2) is 0 Å². The molecule has 0 spiro atoms. The third-order valence-electron chi connectivity index (χ3n) is 3.46. The Morgan fingerprint density at radius 2 is 1.76 bits per heavy atom. The van der Waals surface area contributed by atoms with Crippen molar-refractivity contribution in [1.82, 2.24) is 5.32 Å². The standard InChI is InChI=1S/C18H22N2O/c1-4-19-17-8-6-5-7-16(17)18(21)20-14(3)15-11-9-13(2)10-12-15/h5-12,14,19H,4H2,1-3H3,(H,20,21)/t14-/m0/s1. The Bertz CT molecular complexity index is 605. The van der Waals surface area contributed by atoms with Crippen LogP contribution in [-0.4, -0.2) is 12.5 Å². The first kappa shape index (κ1) is 15.1. The van der Waals surface area contributed by atoms with Crippen LogP contribution in [0.15, 0.2) is 48.5 Å². The molecule has 0 aliphatic carbocycles. The maximum atomic E-state index is 12.4. The summed E-state index contributed by atoms with van der Waals surface area (Å²) in [4.78, 5) is 12.4. The van der Waals surface area contributed by atoms with E-state index in [1.54, 1.807) is 0 Å². The molecule has 0 aromatic heterocycles. The summed E-state index contributed by atoms with van der Waals surface area (Å²) in [5.74, 6) is -0.0559. The molecule has 0 saturated heterocycles. The van der Waals surface area contributed by atoms with Crippen LogP contribution in [0, 0.1) is 6.92 Å². The minimum atomic E-state index is -0.0559. The first-order valence-electron chi connectivity index (χ1n) is 7.32. The highest BCUT2D eigenvalue weighted by Crippen LogP contribution is 2.18. The molecule has 3 nitrogen and oxygen atoms in total. The minimum absolute atomic E-state index is 0.0206. The maximum absolute atomic E-state index is 12.4. The summed E-state index contributed by atoms with van der Waals surface area (Å²) in [6.07, 6.45) is 0. The van der Waals surface area contributed by atoms with Crippen molar-refractivity contribution in [1.29, 1.82) is 0 Å². The van der Waals surface area contributed by atoms with E-state index in [0.29, 0.717) is 5.56 Å². The lowest BCUT2D eigenvalue weighted by molar-refractivity contribution is 0.0940. The highest BCUT2D eigenvalue weighted by Gasteiger charge is 2.14. The Morgan fingerprint density at radius 3 is 2.43 bits per heavy atom. The lowest BCUT2D eigenvalue weighted by Gasteiger charge is -2.16. The molecule has 0 aliphatic rings. The molecular weight excluding hydrogens is 260 g/mol. The SMILES string of the molecule is CCNc1ccccc1C(=O)N[C@@H](C)c1ccc(C)cc1. The summed E-state index contributed by atoms with van der Waals surface area (Å²) in [5, 5.41) is 6.27. The quantitative estimate of drug-likeness (QED) is 0.872. The average Bonchev–Trinajstić information content (AvgIpc) is 2.48. The van der Waals surface area contributed by atoms with E-state index < -0.39 is 0 Å². The van der Waals surface area contributed by atoms with Crippen LogP contribution >= 0.6 is 0 Å². The van der Waals surface area contributed by atoms with Crippen LogP contribution in [-0.2, 0) is 0 Å². The molecule has 21 heavy (non-hydrogen) atoms. The second-order valence-electron chi connectivity index (χ2n) is 5.18. The largest absolute Gasteiger partial charge is 0.385 e. The van der Waals surface area contributed by atoms with Gasteiger partial charge in [-0.2, -0.15) is 0 Å². The van der Waals surface area contributed by atoms with Gasteiger partial charge in [0.25, 0.3) is 5.91 Å². The number of amides is 1. The minimum Gasteiger partial charge on any atom is -0.385 e. The molecule has 1 amide bonds. The van der Waals surface area contributed by atoms with Gasteiger partial charge < -0.3 is 10.6 Å². The van der Waals surface area contributed by atoms with Gasteiger partial charge in [-0.3, -0.25) is 4.79 Å². The van der Waals surface area contributed by atoms with Crippen LogP contribution < -0.4 is 10.6 Å². The van der Waals surface area contributed by atoms with E-state index in [1.165, 1.54) is 5.56 Å². The molecule has 110 valence electrons. The van der Waals surface area contributed by atoms with E-state index in [9.17, 15) is 4.79 Å². The fraction of sp³-hybridized carbons (Fsp3) is 0.278. The van der Waals surface area contributed by atoms with Crippen LogP contribution in [0.1, 0.15) is 41.4 Å². The zero-order valence-electron chi connectivity index (χ0n) is 12.8. The molecule has 2 aromatic carbocycles. The Hall–Kier alpha value is -2.29. The number of nitrogens with one attached hydrogen (secondary N) is 2. The molecule has 3 heteroatoms. The number of aryl methyl sites for hydroxylation is 1. The highest BCUT2D eigenvalue weighted by molar-refractivity contribution is 5.99. The summed E-state index contributed by atoms with van der Waals surface area (Å²) >= 11 is 0. The third kappa shape index (κ3) is 3.85. The Balaban J connectivity index is 2.12. The summed E-state index contributed by atoms with van der Waals surface area (Å²) in [7, 11) is 0. The third-order valence-corrected chi connectivity index (χ3v) is 3.46. The van der Waals surface area contributed by atoms with E-state index in [-0.39, 0.29) is 11.9 Å². The lowest BCUT2D eigenvalue weighted by atomic mass is 10.1. The Morgan fingerprint density at radius 1 is 1.10 bits per heavy atom. The fourth-order valence-corrected chi connectivity index (χ4v) is 2.24. The summed E-state index contributed by atoms with van der Waals surface area (Å²) in [6, 6.07) is 15.8. The number of hydrogen-bond acceptors (Lipinski definition) is 2. The van der Waals surface area contributed by atoms with E-state index >= 15 is 0 Å². The molecule has 1 atom stereocenters. The van der Waals surface area contributed by atoms with E-state index in [1.807, 2.05) is 38.1 Å². The van der Waals surface area contributed by atoms with Crippen molar-refractivity contribution < 1.29 is 4.79 Å².